The van der Waals surface area contributed by atoms with Crippen LogP contribution in [0.4, 0.5) is 0 Å². The van der Waals surface area contributed by atoms with E-state index in [0.717, 1.165) is 0 Å². The van der Waals surface area contributed by atoms with Crippen LogP contribution in [0.5, 0.6) is 5.75 Å². The number of aliphatic carboxylic acids is 1. The van der Waals surface area contributed by atoms with Crippen LogP contribution in [-0.2, 0) is 14.4 Å². The standard InChI is InChI=1S/C20H22ClNO5S2/c1-5-10-28-15-11-14(23)22(15)16(17(24)25)18(29-19(26)20(2,3)4)27-13-8-6-12(21)7-9-13/h5-9,15H,1,10-11H2,2-4H3,(H,24,25). The zero-order valence-corrected chi connectivity index (χ0v) is 18.7. The highest BCUT2D eigenvalue weighted by Crippen LogP contribution is 2.39. The summed E-state index contributed by atoms with van der Waals surface area (Å²) in [6.07, 6.45) is 1.89. The van der Waals surface area contributed by atoms with Crippen molar-refractivity contribution in [2.45, 2.75) is 32.6 Å². The lowest BCUT2D eigenvalue weighted by molar-refractivity contribution is -0.146. The Labute approximate surface area is 183 Å². The van der Waals surface area contributed by atoms with Crippen LogP contribution in [0.2, 0.25) is 5.02 Å². The lowest BCUT2D eigenvalue weighted by atomic mass is 10.00. The minimum absolute atomic E-state index is 0.156. The summed E-state index contributed by atoms with van der Waals surface area (Å²) in [7, 11) is 0. The van der Waals surface area contributed by atoms with Crippen LogP contribution in [0.15, 0.2) is 47.7 Å². The number of hydrogen-bond donors (Lipinski definition) is 1. The number of nitrogens with zero attached hydrogens (tertiary/aromatic N) is 1. The first kappa shape index (κ1) is 23.4. The molecular weight excluding hydrogens is 434 g/mol. The van der Waals surface area contributed by atoms with Crippen molar-refractivity contribution in [3.8, 4) is 5.75 Å². The maximum absolute atomic E-state index is 12.6. The fourth-order valence-corrected chi connectivity index (χ4v) is 4.23. The minimum Gasteiger partial charge on any atom is -0.476 e. The molecule has 0 radical (unpaired) electrons. The van der Waals surface area contributed by atoms with Crippen LogP contribution in [0.25, 0.3) is 0 Å². The van der Waals surface area contributed by atoms with Crippen molar-refractivity contribution >= 4 is 52.1 Å². The Balaban J connectivity index is 2.49. The van der Waals surface area contributed by atoms with Gasteiger partial charge >= 0.3 is 5.97 Å². The van der Waals surface area contributed by atoms with Gasteiger partial charge in [0, 0.05) is 16.2 Å². The molecule has 6 nitrogen and oxygen atoms in total. The summed E-state index contributed by atoms with van der Waals surface area (Å²) in [5.74, 6) is -0.825. The molecule has 0 saturated carbocycles. The number of carboxylic acid groups (broad SMARTS) is 1. The molecule has 1 atom stereocenters. The van der Waals surface area contributed by atoms with Crippen molar-refractivity contribution in [3.05, 3.63) is 52.7 Å². The van der Waals surface area contributed by atoms with Gasteiger partial charge in [0.2, 0.25) is 11.0 Å². The number of likely N-dealkylation sites (tertiary alicyclic amines) is 1. The molecule has 1 amide bonds. The van der Waals surface area contributed by atoms with Crippen molar-refractivity contribution in [3.63, 3.8) is 0 Å². The molecule has 1 heterocycles. The first-order chi connectivity index (χ1) is 13.5. The Hall–Kier alpha value is -1.90. The number of ether oxygens (including phenoxy) is 1. The van der Waals surface area contributed by atoms with Crippen LogP contribution in [0.3, 0.4) is 0 Å². The van der Waals surface area contributed by atoms with Crippen LogP contribution in [0.1, 0.15) is 27.2 Å². The van der Waals surface area contributed by atoms with Crippen LogP contribution in [-0.4, -0.2) is 38.1 Å². The van der Waals surface area contributed by atoms with Gasteiger partial charge in [0.05, 0.1) is 11.8 Å². The zero-order valence-electron chi connectivity index (χ0n) is 16.3. The molecule has 1 aliphatic heterocycles. The van der Waals surface area contributed by atoms with E-state index in [4.69, 9.17) is 16.3 Å². The van der Waals surface area contributed by atoms with Crippen molar-refractivity contribution in [2.24, 2.45) is 5.41 Å². The average molecular weight is 456 g/mol. The van der Waals surface area contributed by atoms with E-state index in [2.05, 4.69) is 6.58 Å². The fourth-order valence-electron chi connectivity index (χ4n) is 2.22. The summed E-state index contributed by atoms with van der Waals surface area (Å²) >= 11 is 7.96. The van der Waals surface area contributed by atoms with Crippen LogP contribution >= 0.6 is 35.1 Å². The number of carbonyl (C=O) groups is 3. The van der Waals surface area contributed by atoms with E-state index in [1.807, 2.05) is 0 Å². The third-order valence-corrected chi connectivity index (χ3v) is 6.47. The van der Waals surface area contributed by atoms with E-state index in [1.54, 1.807) is 51.1 Å². The SMILES string of the molecule is C=CCSC1CC(=O)N1C(C(=O)O)=C(Oc1ccc(Cl)cc1)SC(=O)C(C)(C)C. The number of hydrogen-bond acceptors (Lipinski definition) is 6. The van der Waals surface area contributed by atoms with E-state index < -0.39 is 11.4 Å². The predicted molar refractivity (Wildman–Crippen MR) is 117 cm³/mol. The Morgan fingerprint density at radius 3 is 2.45 bits per heavy atom. The molecule has 0 aliphatic carbocycles. The second kappa shape index (κ2) is 9.73. The Morgan fingerprint density at radius 1 is 1.34 bits per heavy atom. The molecule has 9 heteroatoms. The molecule has 1 aliphatic rings. The number of benzene rings is 1. The monoisotopic (exact) mass is 455 g/mol. The van der Waals surface area contributed by atoms with Gasteiger partial charge in [-0.05, 0) is 36.0 Å². The molecule has 29 heavy (non-hydrogen) atoms. The van der Waals surface area contributed by atoms with Gasteiger partial charge in [-0.2, -0.15) is 0 Å². The van der Waals surface area contributed by atoms with Crippen LogP contribution in [0, 0.1) is 5.41 Å². The largest absolute Gasteiger partial charge is 0.476 e. The summed E-state index contributed by atoms with van der Waals surface area (Å²) in [6.45, 7) is 8.81. The van der Waals surface area contributed by atoms with Gasteiger partial charge in [-0.1, -0.05) is 38.4 Å². The molecule has 0 bridgehead atoms. The molecule has 0 aromatic heterocycles. The fraction of sp³-hybridized carbons (Fsp3) is 0.350. The quantitative estimate of drug-likeness (QED) is 0.262. The number of thioether (sulfide) groups is 2. The summed E-state index contributed by atoms with van der Waals surface area (Å²) < 4.78 is 5.78. The molecule has 1 aromatic carbocycles. The Morgan fingerprint density at radius 2 is 1.97 bits per heavy atom. The van der Waals surface area contributed by atoms with Gasteiger partial charge in [0.1, 0.15) is 5.75 Å². The number of rotatable bonds is 8. The van der Waals surface area contributed by atoms with E-state index in [0.29, 0.717) is 28.3 Å². The highest BCUT2D eigenvalue weighted by molar-refractivity contribution is 8.16. The van der Waals surface area contributed by atoms with E-state index >= 15 is 0 Å². The van der Waals surface area contributed by atoms with E-state index in [9.17, 15) is 19.5 Å². The predicted octanol–water partition coefficient (Wildman–Crippen LogP) is 4.76. The van der Waals surface area contributed by atoms with Gasteiger partial charge in [-0.15, -0.1) is 18.3 Å². The van der Waals surface area contributed by atoms with E-state index in [-0.39, 0.29) is 33.6 Å². The third kappa shape index (κ3) is 6.04. The Bertz CT molecular complexity index is 845. The van der Waals surface area contributed by atoms with Crippen molar-refractivity contribution in [2.75, 3.05) is 5.75 Å². The third-order valence-electron chi connectivity index (χ3n) is 3.77. The highest BCUT2D eigenvalue weighted by Gasteiger charge is 2.44. The molecule has 2 rings (SSSR count). The van der Waals surface area contributed by atoms with Gasteiger partial charge in [0.15, 0.2) is 10.8 Å². The molecule has 1 saturated heterocycles. The molecule has 0 spiro atoms. The normalized spacial score (nSPS) is 17.3. The number of carbonyl (C=O) groups excluding carboxylic acids is 2. The smallest absolute Gasteiger partial charge is 0.357 e. The average Bonchev–Trinajstić information content (AvgIpc) is 2.63. The lowest BCUT2D eigenvalue weighted by Gasteiger charge is -2.40. The molecule has 1 aromatic rings. The van der Waals surface area contributed by atoms with Crippen molar-refractivity contribution in [1.29, 1.82) is 0 Å². The molecule has 156 valence electrons. The zero-order chi connectivity index (χ0) is 21.8. The maximum atomic E-state index is 12.6. The second-order valence-electron chi connectivity index (χ2n) is 7.18. The van der Waals surface area contributed by atoms with Crippen LogP contribution < -0.4 is 4.74 Å². The summed E-state index contributed by atoms with van der Waals surface area (Å²) in [6, 6.07) is 6.29. The summed E-state index contributed by atoms with van der Waals surface area (Å²) in [5.41, 5.74) is -1.08. The molecule has 1 fully saturated rings. The highest BCUT2D eigenvalue weighted by atomic mass is 35.5. The second-order valence-corrected chi connectivity index (χ2v) is 9.77. The Kier molecular flexibility index (Phi) is 7.85. The van der Waals surface area contributed by atoms with Gasteiger partial charge < -0.3 is 9.84 Å². The lowest BCUT2D eigenvalue weighted by Crippen LogP contribution is -2.52. The topological polar surface area (TPSA) is 83.9 Å². The van der Waals surface area contributed by atoms with Crippen molar-refractivity contribution < 1.29 is 24.2 Å². The maximum Gasteiger partial charge on any atom is 0.357 e. The first-order valence-electron chi connectivity index (χ1n) is 8.72. The number of carboxylic acids is 1. The molecule has 1 unspecified atom stereocenters. The van der Waals surface area contributed by atoms with Gasteiger partial charge in [0.25, 0.3) is 0 Å². The summed E-state index contributed by atoms with van der Waals surface area (Å²) in [4.78, 5) is 38.2. The van der Waals surface area contributed by atoms with E-state index in [1.165, 1.54) is 16.7 Å². The summed E-state index contributed by atoms with van der Waals surface area (Å²) in [5, 5.41) is 9.55. The number of β-lactam (4-membered cyclic amide) rings is 1. The van der Waals surface area contributed by atoms with Gasteiger partial charge in [-0.25, -0.2) is 4.79 Å². The van der Waals surface area contributed by atoms with Gasteiger partial charge in [-0.3, -0.25) is 14.5 Å². The first-order valence-corrected chi connectivity index (χ1v) is 11.0. The van der Waals surface area contributed by atoms with Crippen molar-refractivity contribution in [1.82, 2.24) is 4.90 Å². The number of amides is 1. The minimum atomic E-state index is -1.35. The molecular formula is C20H22ClNO5S2. The molecule has 1 N–H and O–H groups in total. The number of halogens is 1.